The number of benzene rings is 1. The Morgan fingerprint density at radius 1 is 1.29 bits per heavy atom. The van der Waals surface area contributed by atoms with Crippen LogP contribution in [0.5, 0.6) is 0 Å². The van der Waals surface area contributed by atoms with Gasteiger partial charge in [0.15, 0.2) is 5.78 Å². The third-order valence-electron chi connectivity index (χ3n) is 2.33. The first-order valence-corrected chi connectivity index (χ1v) is 5.71. The molecule has 0 spiro atoms. The summed E-state index contributed by atoms with van der Waals surface area (Å²) in [6, 6.07) is 5.62. The molecule has 0 bridgehead atoms. The van der Waals surface area contributed by atoms with Gasteiger partial charge in [-0.25, -0.2) is 4.39 Å². The molecule has 0 aromatic heterocycles. The van der Waals surface area contributed by atoms with E-state index in [0.717, 1.165) is 6.42 Å². The minimum atomic E-state index is -0.325. The summed E-state index contributed by atoms with van der Waals surface area (Å²) in [5, 5.41) is 0. The molecule has 0 aliphatic heterocycles. The van der Waals surface area contributed by atoms with Crippen molar-refractivity contribution < 1.29 is 13.9 Å². The topological polar surface area (TPSA) is 26.3 Å². The number of ketones is 1. The molecule has 0 heterocycles. The van der Waals surface area contributed by atoms with E-state index in [2.05, 4.69) is 6.58 Å². The summed E-state index contributed by atoms with van der Waals surface area (Å²) < 4.78 is 17.9. The van der Waals surface area contributed by atoms with Crippen LogP contribution >= 0.6 is 0 Å². The summed E-state index contributed by atoms with van der Waals surface area (Å²) in [5.41, 5.74) is 0.553. The SMILES string of the molecule is C=CCCOCCCC(=O)c1ccc(F)cc1. The molecule has 1 aromatic carbocycles. The van der Waals surface area contributed by atoms with E-state index in [-0.39, 0.29) is 11.6 Å². The Hall–Kier alpha value is -1.48. The second-order valence-corrected chi connectivity index (χ2v) is 3.72. The van der Waals surface area contributed by atoms with Crippen LogP contribution in [0.3, 0.4) is 0 Å². The van der Waals surface area contributed by atoms with E-state index < -0.39 is 0 Å². The lowest BCUT2D eigenvalue weighted by Crippen LogP contribution is -2.03. The van der Waals surface area contributed by atoms with Crippen molar-refractivity contribution >= 4 is 5.78 Å². The predicted octanol–water partition coefficient (Wildman–Crippen LogP) is 3.38. The molecule has 0 unspecified atom stereocenters. The van der Waals surface area contributed by atoms with Crippen molar-refractivity contribution in [1.82, 2.24) is 0 Å². The van der Waals surface area contributed by atoms with Crippen molar-refractivity contribution in [3.8, 4) is 0 Å². The summed E-state index contributed by atoms with van der Waals surface area (Å²) in [6.45, 7) is 4.81. The van der Waals surface area contributed by atoms with Crippen LogP contribution in [0, 0.1) is 5.82 Å². The van der Waals surface area contributed by atoms with Crippen molar-refractivity contribution in [2.24, 2.45) is 0 Å². The van der Waals surface area contributed by atoms with Gasteiger partial charge in [-0.1, -0.05) is 6.08 Å². The fourth-order valence-electron chi connectivity index (χ4n) is 1.38. The number of halogens is 1. The molecule has 0 radical (unpaired) electrons. The molecular formula is C14H17FO2. The van der Waals surface area contributed by atoms with Crippen molar-refractivity contribution in [2.45, 2.75) is 19.3 Å². The Labute approximate surface area is 101 Å². The minimum Gasteiger partial charge on any atom is -0.381 e. The van der Waals surface area contributed by atoms with Gasteiger partial charge in [-0.05, 0) is 37.1 Å². The first-order valence-electron chi connectivity index (χ1n) is 5.71. The Balaban J connectivity index is 2.21. The van der Waals surface area contributed by atoms with Gasteiger partial charge in [0.05, 0.1) is 0 Å². The first-order chi connectivity index (χ1) is 8.24. The molecule has 17 heavy (non-hydrogen) atoms. The lowest BCUT2D eigenvalue weighted by molar-refractivity contribution is 0.0941. The largest absolute Gasteiger partial charge is 0.381 e. The van der Waals surface area contributed by atoms with Gasteiger partial charge in [-0.2, -0.15) is 0 Å². The molecule has 0 saturated heterocycles. The van der Waals surface area contributed by atoms with Gasteiger partial charge in [0.1, 0.15) is 5.82 Å². The monoisotopic (exact) mass is 236 g/mol. The summed E-state index contributed by atoms with van der Waals surface area (Å²) >= 11 is 0. The van der Waals surface area contributed by atoms with Crippen LogP contribution in [-0.2, 0) is 4.74 Å². The second kappa shape index (κ2) is 7.74. The van der Waals surface area contributed by atoms with E-state index in [9.17, 15) is 9.18 Å². The molecule has 0 fully saturated rings. The van der Waals surface area contributed by atoms with E-state index in [1.165, 1.54) is 24.3 Å². The minimum absolute atomic E-state index is 0.0253. The Bertz CT molecular complexity index is 357. The van der Waals surface area contributed by atoms with Gasteiger partial charge < -0.3 is 4.74 Å². The smallest absolute Gasteiger partial charge is 0.162 e. The quantitative estimate of drug-likeness (QED) is 0.393. The van der Waals surface area contributed by atoms with E-state index in [1.807, 2.05) is 0 Å². The van der Waals surface area contributed by atoms with E-state index in [4.69, 9.17) is 4.74 Å². The van der Waals surface area contributed by atoms with E-state index >= 15 is 0 Å². The Morgan fingerprint density at radius 3 is 2.65 bits per heavy atom. The molecular weight excluding hydrogens is 219 g/mol. The average Bonchev–Trinajstić information content (AvgIpc) is 2.34. The van der Waals surface area contributed by atoms with Crippen molar-refractivity contribution in [3.63, 3.8) is 0 Å². The lowest BCUT2D eigenvalue weighted by Gasteiger charge is -2.02. The third-order valence-corrected chi connectivity index (χ3v) is 2.33. The van der Waals surface area contributed by atoms with E-state index in [1.54, 1.807) is 6.08 Å². The molecule has 0 aliphatic carbocycles. The molecule has 0 N–H and O–H groups in total. The number of ether oxygens (including phenoxy) is 1. The Kier molecular flexibility index (Phi) is 6.18. The third kappa shape index (κ3) is 5.41. The lowest BCUT2D eigenvalue weighted by atomic mass is 10.1. The van der Waals surface area contributed by atoms with Gasteiger partial charge in [0.2, 0.25) is 0 Å². The number of carbonyl (C=O) groups excluding carboxylic acids is 1. The van der Waals surface area contributed by atoms with Crippen molar-refractivity contribution in [2.75, 3.05) is 13.2 Å². The highest BCUT2D eigenvalue weighted by Crippen LogP contribution is 2.07. The van der Waals surface area contributed by atoms with Crippen LogP contribution < -0.4 is 0 Å². The van der Waals surface area contributed by atoms with Crippen LogP contribution in [0.25, 0.3) is 0 Å². The summed E-state index contributed by atoms with van der Waals surface area (Å²) in [5.74, 6) is -0.299. The molecule has 3 heteroatoms. The van der Waals surface area contributed by atoms with Crippen LogP contribution in [0.2, 0.25) is 0 Å². The molecule has 0 saturated carbocycles. The number of carbonyl (C=O) groups is 1. The van der Waals surface area contributed by atoms with E-state index in [0.29, 0.717) is 31.6 Å². The maximum Gasteiger partial charge on any atom is 0.162 e. The van der Waals surface area contributed by atoms with Gasteiger partial charge in [-0.3, -0.25) is 4.79 Å². The molecule has 1 rings (SSSR count). The zero-order valence-corrected chi connectivity index (χ0v) is 9.82. The zero-order valence-electron chi connectivity index (χ0n) is 9.82. The summed E-state index contributed by atoms with van der Waals surface area (Å²) in [6.07, 6.45) is 3.74. The number of Topliss-reactive ketones (excluding diaryl/α,β-unsaturated/α-hetero) is 1. The molecule has 0 aliphatic rings. The van der Waals surface area contributed by atoms with Crippen molar-refractivity contribution in [1.29, 1.82) is 0 Å². The first kappa shape index (κ1) is 13.6. The highest BCUT2D eigenvalue weighted by Gasteiger charge is 2.05. The van der Waals surface area contributed by atoms with Gasteiger partial charge >= 0.3 is 0 Å². The maximum atomic E-state index is 12.6. The second-order valence-electron chi connectivity index (χ2n) is 3.72. The van der Waals surface area contributed by atoms with Gasteiger partial charge in [0, 0.05) is 25.2 Å². The highest BCUT2D eigenvalue weighted by molar-refractivity contribution is 5.95. The normalized spacial score (nSPS) is 10.2. The predicted molar refractivity (Wildman–Crippen MR) is 65.6 cm³/mol. The maximum absolute atomic E-state index is 12.6. The molecule has 0 atom stereocenters. The summed E-state index contributed by atoms with van der Waals surface area (Å²) in [4.78, 5) is 11.7. The molecule has 92 valence electrons. The fourth-order valence-corrected chi connectivity index (χ4v) is 1.38. The number of hydrogen-bond donors (Lipinski definition) is 0. The van der Waals surface area contributed by atoms with Gasteiger partial charge in [0.25, 0.3) is 0 Å². The summed E-state index contributed by atoms with van der Waals surface area (Å²) in [7, 11) is 0. The van der Waals surface area contributed by atoms with Gasteiger partial charge in [-0.15, -0.1) is 6.58 Å². The van der Waals surface area contributed by atoms with Crippen LogP contribution in [0.1, 0.15) is 29.6 Å². The van der Waals surface area contributed by atoms with Crippen LogP contribution in [0.4, 0.5) is 4.39 Å². The standard InChI is InChI=1S/C14H17FO2/c1-2-3-10-17-11-4-5-14(16)12-6-8-13(15)9-7-12/h2,6-9H,1,3-5,10-11H2. The number of rotatable bonds is 8. The molecule has 1 aromatic rings. The van der Waals surface area contributed by atoms with Crippen LogP contribution in [-0.4, -0.2) is 19.0 Å². The molecule has 2 nitrogen and oxygen atoms in total. The number of hydrogen-bond acceptors (Lipinski definition) is 2. The molecule has 0 amide bonds. The highest BCUT2D eigenvalue weighted by atomic mass is 19.1. The fraction of sp³-hybridized carbons (Fsp3) is 0.357. The Morgan fingerprint density at radius 2 is 2.00 bits per heavy atom. The van der Waals surface area contributed by atoms with Crippen LogP contribution in [0.15, 0.2) is 36.9 Å². The van der Waals surface area contributed by atoms with Crippen molar-refractivity contribution in [3.05, 3.63) is 48.3 Å². The average molecular weight is 236 g/mol. The zero-order chi connectivity index (χ0) is 12.5.